The van der Waals surface area contributed by atoms with Gasteiger partial charge in [0.25, 0.3) is 5.82 Å². The van der Waals surface area contributed by atoms with Crippen LogP contribution in [-0.2, 0) is 0 Å². The van der Waals surface area contributed by atoms with Gasteiger partial charge in [0.2, 0.25) is 12.2 Å². The number of amidine groups is 2. The molecular formula is C15H12N5OS+. The molecule has 0 saturated carbocycles. The van der Waals surface area contributed by atoms with Crippen LogP contribution in [0.25, 0.3) is 0 Å². The average molecular weight is 310 g/mol. The van der Waals surface area contributed by atoms with Gasteiger partial charge in [0.15, 0.2) is 23.5 Å². The predicted octanol–water partition coefficient (Wildman–Crippen LogP) is 2.72. The highest BCUT2D eigenvalue weighted by Gasteiger charge is 2.43. The fourth-order valence-electron chi connectivity index (χ4n) is 2.19. The lowest BCUT2D eigenvalue weighted by Gasteiger charge is -2.22. The second-order valence-corrected chi connectivity index (χ2v) is 5.92. The Hall–Kier alpha value is -2.64. The molecule has 2 aromatic rings. The van der Waals surface area contributed by atoms with Crippen molar-refractivity contribution in [2.75, 3.05) is 0 Å². The number of rotatable bonds is 3. The topological polar surface area (TPSA) is 76.2 Å². The highest BCUT2D eigenvalue weighted by Crippen LogP contribution is 2.40. The molecule has 0 radical (unpaired) electrons. The quantitative estimate of drug-likeness (QED) is 0.699. The van der Waals surface area contributed by atoms with Crippen LogP contribution in [0.2, 0.25) is 0 Å². The van der Waals surface area contributed by atoms with Gasteiger partial charge in [-0.25, -0.2) is 0 Å². The molecule has 1 aromatic heterocycles. The molecule has 0 fully saturated rings. The number of quaternary nitrogens is 1. The van der Waals surface area contributed by atoms with Gasteiger partial charge in [0.05, 0.1) is 17.2 Å². The van der Waals surface area contributed by atoms with Crippen LogP contribution in [0.1, 0.15) is 5.76 Å². The van der Waals surface area contributed by atoms with E-state index in [2.05, 4.69) is 15.1 Å². The lowest BCUT2D eigenvalue weighted by atomic mass is 10.4. The van der Waals surface area contributed by atoms with Gasteiger partial charge in [0, 0.05) is 0 Å². The summed E-state index contributed by atoms with van der Waals surface area (Å²) in [5, 5.41) is 4.47. The molecule has 0 spiro atoms. The smallest absolute Gasteiger partial charge is 0.279 e. The molecule has 0 saturated heterocycles. The minimum atomic E-state index is 0.0695. The first-order valence-electron chi connectivity index (χ1n) is 6.64. The average Bonchev–Trinajstić information content (AvgIpc) is 3.14. The van der Waals surface area contributed by atoms with E-state index in [4.69, 9.17) is 10.2 Å². The number of hydrogen-bond acceptors (Lipinski definition) is 6. The van der Waals surface area contributed by atoms with Crippen LogP contribution in [0.4, 0.5) is 0 Å². The standard InChI is InChI=1S/C15H12N5OS/c16-13-9-14-18-15(12-7-4-8-21-12)17-10-20(14,19-13)22-11-5-2-1-3-6-11/h1-10H,(H2,16,19)/q+1. The molecule has 7 heteroatoms. The van der Waals surface area contributed by atoms with Crippen LogP contribution in [-0.4, -0.2) is 22.0 Å². The van der Waals surface area contributed by atoms with Crippen molar-refractivity contribution in [2.45, 2.75) is 4.90 Å². The van der Waals surface area contributed by atoms with Gasteiger partial charge in [-0.1, -0.05) is 18.2 Å². The molecule has 1 unspecified atom stereocenters. The molecule has 4 rings (SSSR count). The van der Waals surface area contributed by atoms with E-state index in [1.165, 1.54) is 11.9 Å². The number of fused-ring (bicyclic) bond motifs is 1. The van der Waals surface area contributed by atoms with Crippen LogP contribution in [0.15, 0.2) is 85.0 Å². The Morgan fingerprint density at radius 3 is 2.73 bits per heavy atom. The Labute approximate surface area is 131 Å². The summed E-state index contributed by atoms with van der Waals surface area (Å²) >= 11 is 1.50. The normalized spacial score (nSPS) is 22.8. The summed E-state index contributed by atoms with van der Waals surface area (Å²) in [4.78, 5) is 10.00. The highest BCUT2D eigenvalue weighted by molar-refractivity contribution is 7.94. The highest BCUT2D eigenvalue weighted by atomic mass is 32.2. The maximum Gasteiger partial charge on any atom is 0.279 e. The van der Waals surface area contributed by atoms with E-state index in [0.717, 1.165) is 4.90 Å². The van der Waals surface area contributed by atoms with Crippen molar-refractivity contribution < 1.29 is 8.41 Å². The summed E-state index contributed by atoms with van der Waals surface area (Å²) in [6, 6.07) is 13.6. The Morgan fingerprint density at radius 2 is 1.95 bits per heavy atom. The number of hydrogen-bond donors (Lipinski definition) is 1. The molecule has 1 aromatic carbocycles. The van der Waals surface area contributed by atoms with Crippen LogP contribution < -0.4 is 5.73 Å². The molecule has 1 atom stereocenters. The van der Waals surface area contributed by atoms with Gasteiger partial charge < -0.3 is 10.2 Å². The summed E-state index contributed by atoms with van der Waals surface area (Å²) in [5.41, 5.74) is 5.89. The zero-order valence-electron chi connectivity index (χ0n) is 11.5. The fraction of sp³-hybridized carbons (Fsp3) is 0. The number of benzene rings is 1. The third-order valence-corrected chi connectivity index (χ3v) is 4.28. The molecular weight excluding hydrogens is 298 g/mol. The van der Waals surface area contributed by atoms with Crippen molar-refractivity contribution in [3.8, 4) is 0 Å². The lowest BCUT2D eigenvalue weighted by molar-refractivity contribution is -0.650. The third kappa shape index (κ3) is 2.16. The molecule has 22 heavy (non-hydrogen) atoms. The van der Waals surface area contributed by atoms with Gasteiger partial charge in [-0.2, -0.15) is 9.98 Å². The van der Waals surface area contributed by atoms with E-state index in [0.29, 0.717) is 23.3 Å². The zero-order valence-corrected chi connectivity index (χ0v) is 12.3. The van der Waals surface area contributed by atoms with Crippen molar-refractivity contribution in [2.24, 2.45) is 20.8 Å². The SMILES string of the molecule is NC1=N[N+]2(Sc3ccccc3)C=NC(c3ccco3)=NC2=C1. The van der Waals surface area contributed by atoms with Crippen molar-refractivity contribution in [3.63, 3.8) is 0 Å². The first-order chi connectivity index (χ1) is 10.8. The summed E-state index contributed by atoms with van der Waals surface area (Å²) in [6.45, 7) is 0. The largest absolute Gasteiger partial charge is 0.461 e. The maximum absolute atomic E-state index is 5.89. The molecule has 2 N–H and O–H groups in total. The van der Waals surface area contributed by atoms with Crippen LogP contribution in [0.5, 0.6) is 0 Å². The van der Waals surface area contributed by atoms with Crippen molar-refractivity contribution in [1.29, 1.82) is 0 Å². The van der Waals surface area contributed by atoms with Gasteiger partial charge in [-0.3, -0.25) is 0 Å². The molecule has 108 valence electrons. The molecule has 2 aliphatic rings. The van der Waals surface area contributed by atoms with Gasteiger partial charge in [0.1, 0.15) is 0 Å². The van der Waals surface area contributed by atoms with E-state index >= 15 is 0 Å². The van der Waals surface area contributed by atoms with E-state index < -0.39 is 0 Å². The van der Waals surface area contributed by atoms with Crippen molar-refractivity contribution in [1.82, 2.24) is 0 Å². The monoisotopic (exact) mass is 310 g/mol. The van der Waals surface area contributed by atoms with Crippen LogP contribution in [0.3, 0.4) is 0 Å². The molecule has 0 aliphatic carbocycles. The minimum Gasteiger partial charge on any atom is -0.461 e. The molecule has 3 heterocycles. The Balaban J connectivity index is 1.72. The summed E-state index contributed by atoms with van der Waals surface area (Å²) in [7, 11) is 0. The molecule has 0 amide bonds. The van der Waals surface area contributed by atoms with E-state index in [1.807, 2.05) is 36.4 Å². The lowest BCUT2D eigenvalue weighted by Crippen LogP contribution is -2.33. The summed E-state index contributed by atoms with van der Waals surface area (Å²) < 4.78 is 5.41. The van der Waals surface area contributed by atoms with E-state index in [1.54, 1.807) is 24.7 Å². The third-order valence-electron chi connectivity index (χ3n) is 3.16. The van der Waals surface area contributed by atoms with E-state index in [9.17, 15) is 0 Å². The number of nitrogens with zero attached hydrogens (tertiary/aromatic N) is 4. The number of aliphatic imine (C=N–C) groups is 2. The Kier molecular flexibility index (Phi) is 2.95. The van der Waals surface area contributed by atoms with E-state index in [-0.39, 0.29) is 4.00 Å². The molecule has 6 nitrogen and oxygen atoms in total. The number of nitrogens with two attached hydrogens (primary N) is 1. The predicted molar refractivity (Wildman–Crippen MR) is 86.0 cm³/mol. The zero-order chi connectivity index (χ0) is 15.0. The van der Waals surface area contributed by atoms with Crippen molar-refractivity contribution in [3.05, 3.63) is 66.4 Å². The summed E-state index contributed by atoms with van der Waals surface area (Å²) in [6.07, 6.45) is 5.06. The first-order valence-corrected chi connectivity index (χ1v) is 7.42. The Morgan fingerprint density at radius 1 is 1.09 bits per heavy atom. The Bertz CT molecular complexity index is 823. The van der Waals surface area contributed by atoms with Crippen molar-refractivity contribution >= 4 is 30.0 Å². The molecule has 0 bridgehead atoms. The maximum atomic E-state index is 5.89. The summed E-state index contributed by atoms with van der Waals surface area (Å²) in [5.74, 6) is 2.26. The van der Waals surface area contributed by atoms with Crippen LogP contribution >= 0.6 is 11.9 Å². The molecule has 2 aliphatic heterocycles. The second kappa shape index (κ2) is 4.97. The first kappa shape index (κ1) is 13.1. The minimum absolute atomic E-state index is 0.0695. The van der Waals surface area contributed by atoms with Crippen LogP contribution in [0, 0.1) is 0 Å². The second-order valence-electron chi connectivity index (χ2n) is 4.71. The van der Waals surface area contributed by atoms with Gasteiger partial charge in [-0.15, -0.1) is 0 Å². The fourth-order valence-corrected chi connectivity index (χ4v) is 3.21. The van der Waals surface area contributed by atoms with Gasteiger partial charge >= 0.3 is 0 Å². The number of furan rings is 1. The van der Waals surface area contributed by atoms with Gasteiger partial charge in [-0.05, 0) is 33.4 Å².